The number of piperazine rings is 1. The smallest absolute Gasteiger partial charge is 0.233 e. The van der Waals surface area contributed by atoms with Crippen LogP contribution in [0.25, 0.3) is 6.08 Å². The van der Waals surface area contributed by atoms with Crippen LogP contribution in [0, 0.1) is 5.92 Å². The minimum absolute atomic E-state index is 0.0298. The lowest BCUT2D eigenvalue weighted by Gasteiger charge is -2.39. The van der Waals surface area contributed by atoms with Crippen molar-refractivity contribution >= 4 is 17.8 Å². The van der Waals surface area contributed by atoms with Gasteiger partial charge in [-0.15, -0.1) is 10.2 Å². The number of ether oxygens (including phenoxy) is 1. The summed E-state index contributed by atoms with van der Waals surface area (Å²) in [5.41, 5.74) is 1.22. The van der Waals surface area contributed by atoms with Crippen LogP contribution >= 0.6 is 0 Å². The van der Waals surface area contributed by atoms with Crippen molar-refractivity contribution in [1.29, 1.82) is 0 Å². The maximum Gasteiger partial charge on any atom is 0.233 e. The molecule has 0 bridgehead atoms. The van der Waals surface area contributed by atoms with Crippen LogP contribution in [0.2, 0.25) is 0 Å². The van der Waals surface area contributed by atoms with Gasteiger partial charge in [0.1, 0.15) is 0 Å². The highest BCUT2D eigenvalue weighted by Gasteiger charge is 2.31. The Bertz CT molecular complexity index is 863. The highest BCUT2D eigenvalue weighted by atomic mass is 16.5. The number of piperidine rings is 1. The van der Waals surface area contributed by atoms with Crippen LogP contribution < -0.4 is 9.64 Å². The average Bonchev–Trinajstić information content (AvgIpc) is 2.85. The van der Waals surface area contributed by atoms with Crippen molar-refractivity contribution in [2.24, 2.45) is 5.92 Å². The van der Waals surface area contributed by atoms with Crippen molar-refractivity contribution in [2.75, 3.05) is 57.8 Å². The molecule has 1 aromatic carbocycles. The fourth-order valence-corrected chi connectivity index (χ4v) is 4.29. The third kappa shape index (κ3) is 5.61. The monoisotopic (exact) mass is 421 g/mol. The van der Waals surface area contributed by atoms with Crippen molar-refractivity contribution in [2.45, 2.75) is 12.8 Å². The minimum Gasteiger partial charge on any atom is -0.480 e. The molecule has 2 aliphatic rings. The Morgan fingerprint density at radius 1 is 1.06 bits per heavy atom. The van der Waals surface area contributed by atoms with Crippen molar-refractivity contribution in [3.63, 3.8) is 0 Å². The predicted molar refractivity (Wildman–Crippen MR) is 122 cm³/mol. The molecule has 2 aliphatic heterocycles. The molecule has 0 spiro atoms. The van der Waals surface area contributed by atoms with E-state index in [0.717, 1.165) is 57.9 Å². The Labute approximate surface area is 184 Å². The molecule has 1 aromatic heterocycles. The van der Waals surface area contributed by atoms with Gasteiger partial charge < -0.3 is 14.5 Å². The van der Waals surface area contributed by atoms with Gasteiger partial charge in [0.25, 0.3) is 0 Å². The summed E-state index contributed by atoms with van der Waals surface area (Å²) < 4.78 is 5.09. The molecule has 1 atom stereocenters. The number of aromatic nitrogens is 2. The van der Waals surface area contributed by atoms with Crippen LogP contribution in [0.4, 0.5) is 5.82 Å². The molecule has 0 saturated carbocycles. The van der Waals surface area contributed by atoms with Crippen LogP contribution in [-0.4, -0.2) is 78.8 Å². The van der Waals surface area contributed by atoms with Gasteiger partial charge in [-0.1, -0.05) is 42.5 Å². The molecule has 2 aromatic rings. The van der Waals surface area contributed by atoms with Gasteiger partial charge >= 0.3 is 0 Å². The van der Waals surface area contributed by atoms with E-state index >= 15 is 0 Å². The van der Waals surface area contributed by atoms with Crippen LogP contribution in [0.15, 0.2) is 48.5 Å². The van der Waals surface area contributed by atoms with Gasteiger partial charge in [-0.25, -0.2) is 0 Å². The highest BCUT2D eigenvalue weighted by molar-refractivity contribution is 5.80. The second kappa shape index (κ2) is 10.4. The highest BCUT2D eigenvalue weighted by Crippen LogP contribution is 2.24. The summed E-state index contributed by atoms with van der Waals surface area (Å²) >= 11 is 0. The van der Waals surface area contributed by atoms with E-state index in [-0.39, 0.29) is 11.8 Å². The molecule has 3 heterocycles. The summed E-state index contributed by atoms with van der Waals surface area (Å²) in [5, 5.41) is 8.32. The number of methoxy groups -OCH3 is 1. The summed E-state index contributed by atoms with van der Waals surface area (Å²) in [4.78, 5) is 19.8. The molecule has 0 N–H and O–H groups in total. The standard InChI is InChI=1S/C24H31N5O2/c1-31-23-12-11-22(25-26-23)29-14-6-10-21(19-29)24(30)28-17-15-27(16-18-28)13-5-9-20-7-3-2-4-8-20/h2-5,7-9,11-12,21H,6,10,13-19H2,1H3/b9-5+/t21-/m0/s1. The summed E-state index contributed by atoms with van der Waals surface area (Å²) in [5.74, 6) is 1.63. The van der Waals surface area contributed by atoms with E-state index < -0.39 is 0 Å². The van der Waals surface area contributed by atoms with Gasteiger partial charge in [-0.05, 0) is 24.5 Å². The molecular formula is C24H31N5O2. The van der Waals surface area contributed by atoms with E-state index in [0.29, 0.717) is 12.4 Å². The summed E-state index contributed by atoms with van der Waals surface area (Å²) in [6, 6.07) is 14.1. The fraction of sp³-hybridized carbons (Fsp3) is 0.458. The Morgan fingerprint density at radius 3 is 2.58 bits per heavy atom. The molecule has 1 amide bonds. The van der Waals surface area contributed by atoms with E-state index in [2.05, 4.69) is 56.4 Å². The Hall–Kier alpha value is -2.93. The first-order valence-corrected chi connectivity index (χ1v) is 11.1. The number of carbonyl (C=O) groups is 1. The second-order valence-corrected chi connectivity index (χ2v) is 8.16. The fourth-order valence-electron chi connectivity index (χ4n) is 4.29. The molecule has 0 radical (unpaired) electrons. The number of rotatable bonds is 6. The normalized spacial score (nSPS) is 20.2. The lowest BCUT2D eigenvalue weighted by Crippen LogP contribution is -2.52. The Kier molecular flexibility index (Phi) is 7.14. The van der Waals surface area contributed by atoms with Gasteiger partial charge in [0, 0.05) is 51.9 Å². The predicted octanol–water partition coefficient (Wildman–Crippen LogP) is 2.56. The molecular weight excluding hydrogens is 390 g/mol. The lowest BCUT2D eigenvalue weighted by atomic mass is 9.96. The van der Waals surface area contributed by atoms with E-state index in [4.69, 9.17) is 4.74 Å². The van der Waals surface area contributed by atoms with Crippen LogP contribution in [0.1, 0.15) is 18.4 Å². The number of anilines is 1. The SMILES string of the molecule is COc1ccc(N2CCC[C@H](C(=O)N3CCN(C/C=C/c4ccccc4)CC3)C2)nn1. The molecule has 31 heavy (non-hydrogen) atoms. The number of carbonyl (C=O) groups excluding carboxylic acids is 1. The van der Waals surface area contributed by atoms with Gasteiger partial charge in [0.15, 0.2) is 5.82 Å². The van der Waals surface area contributed by atoms with Crippen molar-refractivity contribution < 1.29 is 9.53 Å². The van der Waals surface area contributed by atoms with Crippen LogP contribution in [-0.2, 0) is 4.79 Å². The molecule has 2 fully saturated rings. The zero-order valence-electron chi connectivity index (χ0n) is 18.2. The molecule has 0 aliphatic carbocycles. The van der Waals surface area contributed by atoms with Gasteiger partial charge in [-0.2, -0.15) is 0 Å². The first-order valence-electron chi connectivity index (χ1n) is 11.1. The first kappa shape index (κ1) is 21.3. The summed E-state index contributed by atoms with van der Waals surface area (Å²) in [6.07, 6.45) is 6.31. The van der Waals surface area contributed by atoms with Gasteiger partial charge in [0.05, 0.1) is 13.0 Å². The Balaban J connectivity index is 1.25. The molecule has 4 rings (SSSR count). The van der Waals surface area contributed by atoms with Crippen molar-refractivity contribution in [3.05, 3.63) is 54.1 Å². The van der Waals surface area contributed by atoms with Crippen molar-refractivity contribution in [1.82, 2.24) is 20.0 Å². The number of benzene rings is 1. The van der Waals surface area contributed by atoms with E-state index in [1.807, 2.05) is 23.1 Å². The molecule has 0 unspecified atom stereocenters. The minimum atomic E-state index is 0.0298. The van der Waals surface area contributed by atoms with E-state index in [1.54, 1.807) is 7.11 Å². The molecule has 164 valence electrons. The third-order valence-electron chi connectivity index (χ3n) is 6.09. The third-order valence-corrected chi connectivity index (χ3v) is 6.09. The Morgan fingerprint density at radius 2 is 1.87 bits per heavy atom. The second-order valence-electron chi connectivity index (χ2n) is 8.16. The van der Waals surface area contributed by atoms with E-state index in [1.165, 1.54) is 5.56 Å². The van der Waals surface area contributed by atoms with Crippen LogP contribution in [0.3, 0.4) is 0 Å². The first-order chi connectivity index (χ1) is 15.2. The maximum atomic E-state index is 13.1. The number of nitrogens with zero attached hydrogens (tertiary/aromatic N) is 5. The van der Waals surface area contributed by atoms with Gasteiger partial charge in [-0.3, -0.25) is 9.69 Å². The number of hydrogen-bond donors (Lipinski definition) is 0. The number of hydrogen-bond acceptors (Lipinski definition) is 6. The zero-order valence-corrected chi connectivity index (χ0v) is 18.2. The summed E-state index contributed by atoms with van der Waals surface area (Å²) in [6.45, 7) is 5.99. The molecule has 7 heteroatoms. The molecule has 2 saturated heterocycles. The zero-order chi connectivity index (χ0) is 21.5. The quantitative estimate of drug-likeness (QED) is 0.714. The summed E-state index contributed by atoms with van der Waals surface area (Å²) in [7, 11) is 1.58. The van der Waals surface area contributed by atoms with Crippen molar-refractivity contribution in [3.8, 4) is 5.88 Å². The largest absolute Gasteiger partial charge is 0.480 e. The van der Waals surface area contributed by atoms with E-state index in [9.17, 15) is 4.79 Å². The van der Waals surface area contributed by atoms with Crippen LogP contribution in [0.5, 0.6) is 5.88 Å². The molecule has 7 nitrogen and oxygen atoms in total. The average molecular weight is 422 g/mol. The number of amides is 1. The maximum absolute atomic E-state index is 13.1. The topological polar surface area (TPSA) is 61.8 Å². The lowest BCUT2D eigenvalue weighted by molar-refractivity contribution is -0.137. The van der Waals surface area contributed by atoms with Gasteiger partial charge in [0.2, 0.25) is 11.8 Å².